The monoisotopic (exact) mass is 431 g/mol. The predicted molar refractivity (Wildman–Crippen MR) is 118 cm³/mol. The number of aryl methyl sites for hydroxylation is 2. The second kappa shape index (κ2) is 10.4. The SMILES string of the molecule is Cc1ccc(S(=O)(=O)NCCC(=O)Nc2ccc(CC(=O)NC(C)C)cc2)c(C)c1. The molecule has 0 atom stereocenters. The predicted octanol–water partition coefficient (Wildman–Crippen LogP) is 2.68. The van der Waals surface area contributed by atoms with Gasteiger partial charge in [-0.15, -0.1) is 0 Å². The lowest BCUT2D eigenvalue weighted by Gasteiger charge is -2.11. The Morgan fingerprint density at radius 2 is 1.63 bits per heavy atom. The summed E-state index contributed by atoms with van der Waals surface area (Å²) in [7, 11) is -3.67. The van der Waals surface area contributed by atoms with Gasteiger partial charge in [-0.3, -0.25) is 9.59 Å². The summed E-state index contributed by atoms with van der Waals surface area (Å²) in [6.07, 6.45) is 0.273. The van der Waals surface area contributed by atoms with E-state index in [9.17, 15) is 18.0 Å². The Balaban J connectivity index is 1.84. The maximum atomic E-state index is 12.4. The molecular formula is C22H29N3O4S. The Labute approximate surface area is 178 Å². The van der Waals surface area contributed by atoms with Crippen LogP contribution in [0, 0.1) is 13.8 Å². The number of carbonyl (C=O) groups is 2. The van der Waals surface area contributed by atoms with E-state index in [0.29, 0.717) is 11.3 Å². The number of sulfonamides is 1. The molecule has 0 radical (unpaired) electrons. The summed E-state index contributed by atoms with van der Waals surface area (Å²) in [5.74, 6) is -0.360. The molecule has 8 heteroatoms. The lowest BCUT2D eigenvalue weighted by atomic mass is 10.1. The molecule has 0 heterocycles. The van der Waals surface area contributed by atoms with Gasteiger partial charge >= 0.3 is 0 Å². The van der Waals surface area contributed by atoms with Crippen molar-refractivity contribution < 1.29 is 18.0 Å². The van der Waals surface area contributed by atoms with Crippen LogP contribution in [0.1, 0.15) is 37.0 Å². The van der Waals surface area contributed by atoms with E-state index in [2.05, 4.69) is 15.4 Å². The molecule has 3 N–H and O–H groups in total. The first-order chi connectivity index (χ1) is 14.1. The van der Waals surface area contributed by atoms with E-state index in [0.717, 1.165) is 11.1 Å². The fraction of sp³-hybridized carbons (Fsp3) is 0.364. The summed E-state index contributed by atoms with van der Waals surface area (Å²) in [4.78, 5) is 24.1. The van der Waals surface area contributed by atoms with Crippen LogP contribution in [0.25, 0.3) is 0 Å². The number of hydrogen-bond acceptors (Lipinski definition) is 4. The minimum atomic E-state index is -3.67. The van der Waals surface area contributed by atoms with Crippen LogP contribution in [0.3, 0.4) is 0 Å². The van der Waals surface area contributed by atoms with Gasteiger partial charge in [0.1, 0.15) is 0 Å². The van der Waals surface area contributed by atoms with E-state index in [1.54, 1.807) is 49.4 Å². The van der Waals surface area contributed by atoms with Crippen LogP contribution in [0.2, 0.25) is 0 Å². The number of rotatable bonds is 9. The van der Waals surface area contributed by atoms with Crippen molar-refractivity contribution in [2.45, 2.75) is 51.5 Å². The van der Waals surface area contributed by atoms with Crippen molar-refractivity contribution in [3.05, 3.63) is 59.2 Å². The Bertz CT molecular complexity index is 1000. The zero-order chi connectivity index (χ0) is 22.3. The van der Waals surface area contributed by atoms with Gasteiger partial charge in [0.25, 0.3) is 0 Å². The summed E-state index contributed by atoms with van der Waals surface area (Å²) in [6.45, 7) is 7.44. The van der Waals surface area contributed by atoms with Crippen molar-refractivity contribution >= 4 is 27.5 Å². The molecule has 2 amide bonds. The van der Waals surface area contributed by atoms with Gasteiger partial charge < -0.3 is 10.6 Å². The van der Waals surface area contributed by atoms with Crippen LogP contribution in [0.15, 0.2) is 47.4 Å². The van der Waals surface area contributed by atoms with E-state index in [4.69, 9.17) is 0 Å². The van der Waals surface area contributed by atoms with Gasteiger partial charge in [-0.05, 0) is 57.0 Å². The van der Waals surface area contributed by atoms with E-state index in [-0.39, 0.29) is 42.1 Å². The van der Waals surface area contributed by atoms with Crippen LogP contribution in [0.5, 0.6) is 0 Å². The largest absolute Gasteiger partial charge is 0.354 e. The van der Waals surface area contributed by atoms with Gasteiger partial charge in [-0.1, -0.05) is 29.8 Å². The molecule has 0 saturated carbocycles. The first kappa shape index (κ1) is 23.6. The summed E-state index contributed by atoms with van der Waals surface area (Å²) in [5, 5.41) is 5.55. The van der Waals surface area contributed by atoms with Gasteiger partial charge in [-0.25, -0.2) is 13.1 Å². The van der Waals surface area contributed by atoms with Crippen molar-refractivity contribution in [3.63, 3.8) is 0 Å². The molecule has 2 aromatic rings. The van der Waals surface area contributed by atoms with Crippen LogP contribution in [-0.4, -0.2) is 32.8 Å². The fourth-order valence-corrected chi connectivity index (χ4v) is 4.22. The summed E-state index contributed by atoms with van der Waals surface area (Å²) >= 11 is 0. The molecule has 0 spiro atoms. The second-order valence-corrected chi connectivity index (χ2v) is 9.30. The van der Waals surface area contributed by atoms with E-state index in [1.807, 2.05) is 20.8 Å². The summed E-state index contributed by atoms with van der Waals surface area (Å²) < 4.78 is 27.3. The van der Waals surface area contributed by atoms with E-state index >= 15 is 0 Å². The number of anilines is 1. The molecule has 0 fully saturated rings. The molecule has 7 nitrogen and oxygen atoms in total. The maximum absolute atomic E-state index is 12.4. The third-order valence-electron chi connectivity index (χ3n) is 4.32. The third kappa shape index (κ3) is 7.27. The van der Waals surface area contributed by atoms with Crippen molar-refractivity contribution in [2.75, 3.05) is 11.9 Å². The van der Waals surface area contributed by atoms with Gasteiger partial charge in [0.05, 0.1) is 11.3 Å². The van der Waals surface area contributed by atoms with E-state index in [1.165, 1.54) is 0 Å². The van der Waals surface area contributed by atoms with Gasteiger partial charge in [0.2, 0.25) is 21.8 Å². The Morgan fingerprint density at radius 1 is 0.967 bits per heavy atom. The quantitative estimate of drug-likeness (QED) is 0.568. The van der Waals surface area contributed by atoms with Crippen molar-refractivity contribution in [1.82, 2.24) is 10.0 Å². The van der Waals surface area contributed by atoms with E-state index < -0.39 is 10.0 Å². The van der Waals surface area contributed by atoms with Gasteiger partial charge in [-0.2, -0.15) is 0 Å². The molecular weight excluding hydrogens is 402 g/mol. The van der Waals surface area contributed by atoms with Crippen LogP contribution < -0.4 is 15.4 Å². The normalized spacial score (nSPS) is 11.4. The molecule has 30 heavy (non-hydrogen) atoms. The Kier molecular flexibility index (Phi) is 8.14. The fourth-order valence-electron chi connectivity index (χ4n) is 2.97. The first-order valence-corrected chi connectivity index (χ1v) is 11.3. The van der Waals surface area contributed by atoms with Crippen molar-refractivity contribution in [1.29, 1.82) is 0 Å². The lowest BCUT2D eigenvalue weighted by Crippen LogP contribution is -2.31. The highest BCUT2D eigenvalue weighted by atomic mass is 32.2. The summed E-state index contributed by atoms with van der Waals surface area (Å²) in [6, 6.07) is 12.2. The summed E-state index contributed by atoms with van der Waals surface area (Å²) in [5.41, 5.74) is 3.07. The van der Waals surface area contributed by atoms with Crippen molar-refractivity contribution in [3.8, 4) is 0 Å². The molecule has 162 valence electrons. The second-order valence-electron chi connectivity index (χ2n) is 7.56. The maximum Gasteiger partial charge on any atom is 0.240 e. The number of nitrogens with one attached hydrogen (secondary N) is 3. The molecule has 0 aromatic heterocycles. The Morgan fingerprint density at radius 3 is 2.23 bits per heavy atom. The van der Waals surface area contributed by atoms with Gasteiger partial charge in [0.15, 0.2) is 0 Å². The molecule has 0 aliphatic heterocycles. The minimum Gasteiger partial charge on any atom is -0.354 e. The molecule has 0 aliphatic rings. The first-order valence-electron chi connectivity index (χ1n) is 9.82. The lowest BCUT2D eigenvalue weighted by molar-refractivity contribution is -0.121. The Hall–Kier alpha value is -2.71. The molecule has 0 aliphatic carbocycles. The van der Waals surface area contributed by atoms with Crippen LogP contribution in [0.4, 0.5) is 5.69 Å². The average molecular weight is 432 g/mol. The third-order valence-corrected chi connectivity index (χ3v) is 5.94. The number of amides is 2. The highest BCUT2D eigenvalue weighted by Gasteiger charge is 2.16. The zero-order valence-electron chi connectivity index (χ0n) is 17.8. The molecule has 2 rings (SSSR count). The topological polar surface area (TPSA) is 104 Å². The van der Waals surface area contributed by atoms with Crippen molar-refractivity contribution in [2.24, 2.45) is 0 Å². The smallest absolute Gasteiger partial charge is 0.240 e. The molecule has 2 aromatic carbocycles. The molecule has 0 bridgehead atoms. The zero-order valence-corrected chi connectivity index (χ0v) is 18.6. The van der Waals surface area contributed by atoms with Crippen LogP contribution >= 0.6 is 0 Å². The number of carbonyl (C=O) groups excluding carboxylic acids is 2. The molecule has 0 unspecified atom stereocenters. The minimum absolute atomic E-state index is 0.00266. The highest BCUT2D eigenvalue weighted by Crippen LogP contribution is 2.16. The highest BCUT2D eigenvalue weighted by molar-refractivity contribution is 7.89. The number of benzene rings is 2. The number of hydrogen-bond donors (Lipinski definition) is 3. The molecule has 0 saturated heterocycles. The average Bonchev–Trinajstić information content (AvgIpc) is 2.62. The standard InChI is InChI=1S/C22H29N3O4S/c1-15(2)24-22(27)14-18-6-8-19(9-7-18)25-21(26)11-12-23-30(28,29)20-10-5-16(3)13-17(20)4/h5-10,13,15,23H,11-12,14H2,1-4H3,(H,24,27)(H,25,26). The van der Waals surface area contributed by atoms with Gasteiger partial charge in [0, 0.05) is 24.7 Å². The van der Waals surface area contributed by atoms with Crippen LogP contribution in [-0.2, 0) is 26.0 Å².